The summed E-state index contributed by atoms with van der Waals surface area (Å²) in [5.41, 5.74) is 7.17. The molecular weight excluding hydrogens is 380 g/mol. The second-order valence-electron chi connectivity index (χ2n) is 6.59. The minimum absolute atomic E-state index is 0.235. The van der Waals surface area contributed by atoms with Crippen molar-refractivity contribution in [1.29, 1.82) is 5.26 Å². The quantitative estimate of drug-likeness (QED) is 0.699. The fourth-order valence-corrected chi connectivity index (χ4v) is 3.43. The van der Waals surface area contributed by atoms with E-state index in [0.717, 1.165) is 10.9 Å². The second-order valence-corrected chi connectivity index (χ2v) is 7.02. The molecule has 0 aliphatic carbocycles. The lowest BCUT2D eigenvalue weighted by molar-refractivity contribution is 0.0342. The number of benzene rings is 1. The molecule has 0 spiro atoms. The average Bonchev–Trinajstić information content (AvgIpc) is 3.12. The molecule has 142 valence electrons. The van der Waals surface area contributed by atoms with Crippen LogP contribution in [0.3, 0.4) is 0 Å². The van der Waals surface area contributed by atoms with Crippen LogP contribution in [-0.2, 0) is 4.74 Å². The van der Waals surface area contributed by atoms with Crippen LogP contribution in [0.1, 0.15) is 22.8 Å². The lowest BCUT2D eigenvalue weighted by Crippen LogP contribution is -2.29. The van der Waals surface area contributed by atoms with Crippen LogP contribution in [-0.4, -0.2) is 33.9 Å². The Kier molecular flexibility index (Phi) is 4.86. The zero-order valence-corrected chi connectivity index (χ0v) is 15.6. The highest BCUT2D eigenvalue weighted by molar-refractivity contribution is 6.31. The fourth-order valence-electron chi connectivity index (χ4n) is 3.27. The molecule has 28 heavy (non-hydrogen) atoms. The van der Waals surface area contributed by atoms with E-state index in [1.165, 1.54) is 0 Å². The van der Waals surface area contributed by atoms with Gasteiger partial charge >= 0.3 is 0 Å². The third-order valence-corrected chi connectivity index (χ3v) is 4.97. The van der Waals surface area contributed by atoms with E-state index in [0.29, 0.717) is 36.2 Å². The Morgan fingerprint density at radius 3 is 3.07 bits per heavy atom. The minimum Gasteiger partial charge on any atom is -0.379 e. The van der Waals surface area contributed by atoms with Crippen molar-refractivity contribution < 1.29 is 9.53 Å². The van der Waals surface area contributed by atoms with Gasteiger partial charge < -0.3 is 15.8 Å². The number of ether oxygens (including phenoxy) is 1. The van der Waals surface area contributed by atoms with E-state index in [1.807, 2.05) is 12.1 Å². The van der Waals surface area contributed by atoms with Crippen molar-refractivity contribution in [2.45, 2.75) is 12.5 Å². The number of nitriles is 1. The van der Waals surface area contributed by atoms with Gasteiger partial charge in [0.15, 0.2) is 5.82 Å². The van der Waals surface area contributed by atoms with E-state index in [2.05, 4.69) is 21.5 Å². The summed E-state index contributed by atoms with van der Waals surface area (Å²) in [6.45, 7) is 0.895. The van der Waals surface area contributed by atoms with Gasteiger partial charge in [-0.25, -0.2) is 0 Å². The topological polar surface area (TPSA) is 119 Å². The molecule has 9 heteroatoms. The number of halogens is 1. The first-order valence-electron chi connectivity index (χ1n) is 8.74. The Bertz CT molecular complexity index is 1090. The normalized spacial score (nSPS) is 19.3. The van der Waals surface area contributed by atoms with Crippen LogP contribution in [0.2, 0.25) is 5.02 Å². The van der Waals surface area contributed by atoms with Crippen LogP contribution in [0.5, 0.6) is 0 Å². The number of nitrogens with zero attached hydrogens (tertiary/aromatic N) is 4. The average molecular weight is 397 g/mol. The Balaban J connectivity index is 1.67. The minimum atomic E-state index is -0.612. The first-order chi connectivity index (χ1) is 13.5. The number of fused-ring (bicyclic) bond motifs is 1. The van der Waals surface area contributed by atoms with Gasteiger partial charge in [0, 0.05) is 23.2 Å². The van der Waals surface area contributed by atoms with Gasteiger partial charge in [0.2, 0.25) is 0 Å². The summed E-state index contributed by atoms with van der Waals surface area (Å²) in [6.07, 6.45) is 3.81. The monoisotopic (exact) mass is 396 g/mol. The molecule has 2 atom stereocenters. The molecule has 1 saturated heterocycles. The van der Waals surface area contributed by atoms with Crippen molar-refractivity contribution in [3.63, 3.8) is 0 Å². The maximum Gasteiger partial charge on any atom is 0.254 e. The summed E-state index contributed by atoms with van der Waals surface area (Å²) in [4.78, 5) is 16.3. The van der Waals surface area contributed by atoms with Gasteiger partial charge in [0.1, 0.15) is 5.56 Å². The molecule has 3 heterocycles. The molecule has 8 nitrogen and oxygen atoms in total. The first-order valence-corrected chi connectivity index (χ1v) is 9.11. The molecule has 2 aromatic heterocycles. The number of carbonyl (C=O) groups excluding carboxylic acids is 1. The van der Waals surface area contributed by atoms with Gasteiger partial charge in [-0.2, -0.15) is 10.4 Å². The number of nitrogens with one attached hydrogen (secondary N) is 1. The molecule has 1 amide bonds. The van der Waals surface area contributed by atoms with Crippen LogP contribution < -0.4 is 11.1 Å². The van der Waals surface area contributed by atoms with Crippen LogP contribution in [0.4, 0.5) is 11.5 Å². The standard InChI is InChI=1S/C19H17ClN6O2/c20-13-2-1-11-5-14(8-23-16(11)6-13)24-19-15(18(22)27)9-26(25-19)17-10-28-4-3-12(17)7-21/h1-2,5-6,8-9,12,17H,3-4,10H2,(H2,22,27)(H,24,25)/t12-,17+/m0/s1. The molecule has 0 unspecified atom stereocenters. The molecule has 0 radical (unpaired) electrons. The molecule has 3 aromatic rings. The summed E-state index contributed by atoms with van der Waals surface area (Å²) in [6, 6.07) is 9.31. The zero-order valence-electron chi connectivity index (χ0n) is 14.8. The molecule has 1 fully saturated rings. The number of amides is 1. The molecule has 4 rings (SSSR count). The van der Waals surface area contributed by atoms with Crippen molar-refractivity contribution in [3.8, 4) is 6.07 Å². The van der Waals surface area contributed by atoms with Crippen LogP contribution in [0, 0.1) is 17.2 Å². The lowest BCUT2D eigenvalue weighted by atomic mass is 9.97. The van der Waals surface area contributed by atoms with Gasteiger partial charge in [0.25, 0.3) is 5.91 Å². The molecule has 1 aromatic carbocycles. The highest BCUT2D eigenvalue weighted by atomic mass is 35.5. The summed E-state index contributed by atoms with van der Waals surface area (Å²) in [5, 5.41) is 18.5. The van der Waals surface area contributed by atoms with Crippen LogP contribution in [0.15, 0.2) is 36.7 Å². The number of carbonyl (C=O) groups is 1. The summed E-state index contributed by atoms with van der Waals surface area (Å²) in [7, 11) is 0. The number of primary amides is 1. The number of hydrogen-bond donors (Lipinski definition) is 2. The maximum atomic E-state index is 11.9. The smallest absolute Gasteiger partial charge is 0.254 e. The molecule has 3 N–H and O–H groups in total. The number of pyridine rings is 1. The first kappa shape index (κ1) is 18.2. The number of rotatable bonds is 4. The Morgan fingerprint density at radius 1 is 1.43 bits per heavy atom. The van der Waals surface area contributed by atoms with Crippen LogP contribution >= 0.6 is 11.6 Å². The van der Waals surface area contributed by atoms with E-state index < -0.39 is 5.91 Å². The Morgan fingerprint density at radius 2 is 2.29 bits per heavy atom. The summed E-state index contributed by atoms with van der Waals surface area (Å²) >= 11 is 5.99. The Labute approximate surface area is 165 Å². The van der Waals surface area contributed by atoms with E-state index in [9.17, 15) is 10.1 Å². The highest BCUT2D eigenvalue weighted by Crippen LogP contribution is 2.29. The number of anilines is 2. The SMILES string of the molecule is N#C[C@@H]1CCOC[C@H]1n1cc(C(N)=O)c(Nc2cnc3cc(Cl)ccc3c2)n1. The van der Waals surface area contributed by atoms with Gasteiger partial charge in [-0.05, 0) is 24.6 Å². The molecule has 1 aliphatic heterocycles. The van der Waals surface area contributed by atoms with Crippen molar-refractivity contribution in [2.75, 3.05) is 18.5 Å². The lowest BCUT2D eigenvalue weighted by Gasteiger charge is -2.26. The maximum absolute atomic E-state index is 11.9. The van der Waals surface area contributed by atoms with Crippen molar-refractivity contribution in [1.82, 2.24) is 14.8 Å². The van der Waals surface area contributed by atoms with E-state index >= 15 is 0 Å². The van der Waals surface area contributed by atoms with Crippen molar-refractivity contribution in [2.24, 2.45) is 11.7 Å². The van der Waals surface area contributed by atoms with E-state index in [-0.39, 0.29) is 17.5 Å². The third-order valence-electron chi connectivity index (χ3n) is 4.74. The Hall–Kier alpha value is -3.15. The number of aromatic nitrogens is 3. The van der Waals surface area contributed by atoms with Crippen LogP contribution in [0.25, 0.3) is 10.9 Å². The van der Waals surface area contributed by atoms with E-state index in [4.69, 9.17) is 22.1 Å². The summed E-state index contributed by atoms with van der Waals surface area (Å²) in [5.74, 6) is -0.543. The fraction of sp³-hybridized carbons (Fsp3) is 0.263. The predicted octanol–water partition coefficient (Wildman–Crippen LogP) is 3.03. The predicted molar refractivity (Wildman–Crippen MR) is 104 cm³/mol. The van der Waals surface area contributed by atoms with E-state index in [1.54, 1.807) is 29.2 Å². The highest BCUT2D eigenvalue weighted by Gasteiger charge is 2.29. The van der Waals surface area contributed by atoms with Gasteiger partial charge in [-0.1, -0.05) is 17.7 Å². The van der Waals surface area contributed by atoms with Gasteiger partial charge in [-0.3, -0.25) is 14.5 Å². The number of nitrogens with two attached hydrogens (primary N) is 1. The number of hydrogen-bond acceptors (Lipinski definition) is 6. The molecular formula is C19H17ClN6O2. The zero-order chi connectivity index (χ0) is 19.7. The second kappa shape index (κ2) is 7.46. The molecule has 1 aliphatic rings. The third kappa shape index (κ3) is 3.50. The van der Waals surface area contributed by atoms with Gasteiger partial charge in [0.05, 0.1) is 42.0 Å². The van der Waals surface area contributed by atoms with Gasteiger partial charge in [-0.15, -0.1) is 0 Å². The molecule has 0 saturated carbocycles. The van der Waals surface area contributed by atoms with Crippen molar-refractivity contribution >= 4 is 39.9 Å². The summed E-state index contributed by atoms with van der Waals surface area (Å²) < 4.78 is 7.07. The molecule has 0 bridgehead atoms. The largest absolute Gasteiger partial charge is 0.379 e. The van der Waals surface area contributed by atoms with Crippen molar-refractivity contribution in [3.05, 3.63) is 47.2 Å².